The highest BCUT2D eigenvalue weighted by molar-refractivity contribution is 6.32. The molecular formula is C34H27Cl2FN2O5. The molecule has 10 heteroatoms. The zero-order valence-electron chi connectivity index (χ0n) is 23.8. The molecule has 3 aromatic carbocycles. The molecule has 2 saturated heterocycles. The van der Waals surface area contributed by atoms with Gasteiger partial charge < -0.3 is 5.11 Å². The number of carbonyl (C=O) groups excluding carboxylic acids is 4. The lowest BCUT2D eigenvalue weighted by atomic mass is 9.51. The molecular weight excluding hydrogens is 606 g/mol. The quantitative estimate of drug-likeness (QED) is 0.260. The van der Waals surface area contributed by atoms with Crippen molar-refractivity contribution in [2.24, 2.45) is 29.1 Å². The summed E-state index contributed by atoms with van der Waals surface area (Å²) in [6.45, 7) is 3.59. The highest BCUT2D eigenvalue weighted by atomic mass is 35.5. The van der Waals surface area contributed by atoms with Crippen LogP contribution in [0.3, 0.4) is 0 Å². The van der Waals surface area contributed by atoms with E-state index in [2.05, 4.69) is 0 Å². The summed E-state index contributed by atoms with van der Waals surface area (Å²) in [5, 5.41) is 10.3. The number of allylic oxidation sites excluding steroid dienone is 2. The fourth-order valence-corrected chi connectivity index (χ4v) is 8.26. The van der Waals surface area contributed by atoms with Crippen molar-refractivity contribution in [2.45, 2.75) is 32.6 Å². The van der Waals surface area contributed by atoms with Crippen LogP contribution < -0.4 is 9.80 Å². The smallest absolute Gasteiger partial charge is 0.241 e. The monoisotopic (exact) mass is 632 g/mol. The van der Waals surface area contributed by atoms with Gasteiger partial charge in [0.25, 0.3) is 0 Å². The van der Waals surface area contributed by atoms with Crippen LogP contribution in [-0.2, 0) is 19.2 Å². The largest absolute Gasteiger partial charge is 0.508 e. The van der Waals surface area contributed by atoms with Gasteiger partial charge in [0.2, 0.25) is 23.6 Å². The lowest BCUT2D eigenvalue weighted by Gasteiger charge is -2.49. The van der Waals surface area contributed by atoms with Crippen molar-refractivity contribution in [1.82, 2.24) is 0 Å². The molecule has 0 bridgehead atoms. The second-order valence-electron chi connectivity index (χ2n) is 12.3. The van der Waals surface area contributed by atoms with Gasteiger partial charge >= 0.3 is 0 Å². The van der Waals surface area contributed by atoms with Crippen LogP contribution >= 0.6 is 23.2 Å². The molecule has 0 aromatic heterocycles. The predicted octanol–water partition coefficient (Wildman–Crippen LogP) is 6.58. The maximum atomic E-state index is 14.4. The number of nitrogens with zero attached hydrogens (tertiary/aromatic N) is 2. The van der Waals surface area contributed by atoms with Crippen LogP contribution in [0.2, 0.25) is 10.0 Å². The van der Waals surface area contributed by atoms with E-state index < -0.39 is 52.6 Å². The number of amides is 4. The topological polar surface area (TPSA) is 95.0 Å². The first-order valence-electron chi connectivity index (χ1n) is 14.4. The molecule has 3 aromatic rings. The van der Waals surface area contributed by atoms with E-state index in [1.165, 1.54) is 29.2 Å². The molecule has 4 amide bonds. The predicted molar refractivity (Wildman–Crippen MR) is 163 cm³/mol. The number of aromatic hydroxyl groups is 1. The number of fused-ring (bicyclic) bond motifs is 4. The summed E-state index contributed by atoms with van der Waals surface area (Å²) in [5.74, 6) is -5.56. The van der Waals surface area contributed by atoms with Crippen LogP contribution in [0, 0.1) is 41.8 Å². The molecule has 6 atom stereocenters. The van der Waals surface area contributed by atoms with Crippen LogP contribution in [-0.4, -0.2) is 28.7 Å². The molecule has 1 saturated carbocycles. The molecule has 0 radical (unpaired) electrons. The average molecular weight is 634 g/mol. The lowest BCUT2D eigenvalue weighted by molar-refractivity contribution is -0.131. The molecule has 224 valence electrons. The number of benzene rings is 3. The van der Waals surface area contributed by atoms with Crippen molar-refractivity contribution < 1.29 is 28.7 Å². The van der Waals surface area contributed by atoms with E-state index in [9.17, 15) is 28.7 Å². The molecule has 1 N–H and O–H groups in total. The van der Waals surface area contributed by atoms with Gasteiger partial charge in [-0.25, -0.2) is 14.2 Å². The number of carbonyl (C=O) groups is 4. The van der Waals surface area contributed by atoms with Crippen LogP contribution in [0.5, 0.6) is 5.75 Å². The van der Waals surface area contributed by atoms with E-state index in [1.807, 2.05) is 13.0 Å². The molecule has 44 heavy (non-hydrogen) atoms. The van der Waals surface area contributed by atoms with Crippen LogP contribution in [0.1, 0.15) is 36.8 Å². The van der Waals surface area contributed by atoms with Gasteiger partial charge in [0.1, 0.15) is 11.6 Å². The molecule has 7 nitrogen and oxygen atoms in total. The van der Waals surface area contributed by atoms with Gasteiger partial charge in [0, 0.05) is 10.9 Å². The highest BCUT2D eigenvalue weighted by Crippen LogP contribution is 2.63. The summed E-state index contributed by atoms with van der Waals surface area (Å²) in [4.78, 5) is 58.7. The maximum Gasteiger partial charge on any atom is 0.241 e. The minimum Gasteiger partial charge on any atom is -0.508 e. The van der Waals surface area contributed by atoms with Gasteiger partial charge in [-0.1, -0.05) is 53.1 Å². The van der Waals surface area contributed by atoms with Gasteiger partial charge in [0.05, 0.1) is 39.6 Å². The number of phenolic OH excluding ortho intramolecular Hbond substituents is 1. The van der Waals surface area contributed by atoms with Crippen molar-refractivity contribution in [3.63, 3.8) is 0 Å². The van der Waals surface area contributed by atoms with E-state index in [4.69, 9.17) is 23.2 Å². The standard InChI is InChI=1S/C34H27Cl2FN2O5/c1-16-3-6-18(13-25(16)35)38-30(41)22-11-10-21-23(28(22)32(38)43)15-24-31(42)39(19-7-12-27(37)26(36)14-19)33(44)34(24,2)29(21)17-4-8-20(40)9-5-17/h3-10,12-14,22-24,28-29,40H,11,15H2,1-2H3/t22-,23+,24-,28-,29-,34+/m0/s1. The summed E-state index contributed by atoms with van der Waals surface area (Å²) in [6, 6.07) is 15.3. The fourth-order valence-electron chi connectivity index (χ4n) is 7.91. The van der Waals surface area contributed by atoms with Gasteiger partial charge in [-0.2, -0.15) is 0 Å². The van der Waals surface area contributed by atoms with E-state index in [0.717, 1.165) is 22.1 Å². The number of phenols is 1. The van der Waals surface area contributed by atoms with E-state index in [0.29, 0.717) is 22.7 Å². The molecule has 2 aliphatic heterocycles. The summed E-state index contributed by atoms with van der Waals surface area (Å²) in [5.41, 5.74) is 1.63. The zero-order valence-corrected chi connectivity index (χ0v) is 25.3. The number of hydrogen-bond donors (Lipinski definition) is 1. The number of halogens is 3. The Balaban J connectivity index is 1.35. The van der Waals surface area contributed by atoms with Crippen LogP contribution in [0.25, 0.3) is 0 Å². The fraction of sp³-hybridized carbons (Fsp3) is 0.294. The Hall–Kier alpha value is -4.01. The Labute approximate surface area is 262 Å². The van der Waals surface area contributed by atoms with Gasteiger partial charge in [-0.15, -0.1) is 0 Å². The van der Waals surface area contributed by atoms with Gasteiger partial charge in [0.15, 0.2) is 0 Å². The Morgan fingerprint density at radius 3 is 2.18 bits per heavy atom. The second kappa shape index (κ2) is 10.0. The lowest BCUT2D eigenvalue weighted by Crippen LogP contribution is -2.48. The van der Waals surface area contributed by atoms with Crippen molar-refractivity contribution in [1.29, 1.82) is 0 Å². The Kier molecular flexibility index (Phi) is 6.54. The van der Waals surface area contributed by atoms with E-state index in [1.54, 1.807) is 37.3 Å². The zero-order chi connectivity index (χ0) is 31.2. The number of aryl methyl sites for hydroxylation is 1. The first kappa shape index (κ1) is 28.7. The molecule has 7 rings (SSSR count). The molecule has 2 heterocycles. The third-order valence-electron chi connectivity index (χ3n) is 10.1. The third-order valence-corrected chi connectivity index (χ3v) is 10.8. The number of hydrogen-bond acceptors (Lipinski definition) is 5. The van der Waals surface area contributed by atoms with Crippen LogP contribution in [0.4, 0.5) is 15.8 Å². The normalized spacial score (nSPS) is 29.5. The molecule has 4 aliphatic rings. The summed E-state index contributed by atoms with van der Waals surface area (Å²) >= 11 is 12.4. The van der Waals surface area contributed by atoms with Gasteiger partial charge in [-0.05, 0) is 86.2 Å². The van der Waals surface area contributed by atoms with Crippen LogP contribution in [0.15, 0.2) is 72.3 Å². The molecule has 3 fully saturated rings. The number of anilines is 2. The van der Waals surface area contributed by atoms with Gasteiger partial charge in [-0.3, -0.25) is 19.2 Å². The van der Waals surface area contributed by atoms with E-state index >= 15 is 0 Å². The minimum atomic E-state index is -1.26. The summed E-state index contributed by atoms with van der Waals surface area (Å²) < 4.78 is 14.0. The van der Waals surface area contributed by atoms with Crippen molar-refractivity contribution in [3.05, 3.63) is 99.3 Å². The first-order chi connectivity index (χ1) is 20.9. The van der Waals surface area contributed by atoms with Crippen molar-refractivity contribution in [2.75, 3.05) is 9.80 Å². The van der Waals surface area contributed by atoms with Crippen molar-refractivity contribution >= 4 is 58.2 Å². The second-order valence-corrected chi connectivity index (χ2v) is 13.1. The molecule has 0 spiro atoms. The maximum absolute atomic E-state index is 14.4. The third kappa shape index (κ3) is 3.93. The SMILES string of the molecule is Cc1ccc(N2C(=O)[C@H]3[C@H](CC=C4[C@H]3C[C@H]3C(=O)N(c5ccc(F)c(Cl)c5)C(=O)[C@@]3(C)[C@H]4c3ccc(O)cc3)C2=O)cc1Cl. The molecule has 2 aliphatic carbocycles. The minimum absolute atomic E-state index is 0.0425. The summed E-state index contributed by atoms with van der Waals surface area (Å²) in [6.07, 6.45) is 2.43. The summed E-state index contributed by atoms with van der Waals surface area (Å²) in [7, 11) is 0. The average Bonchev–Trinajstić information content (AvgIpc) is 3.36. The number of rotatable bonds is 3. The van der Waals surface area contributed by atoms with Crippen molar-refractivity contribution in [3.8, 4) is 5.75 Å². The number of imide groups is 2. The highest BCUT2D eigenvalue weighted by Gasteiger charge is 2.67. The molecule has 0 unspecified atom stereocenters. The Morgan fingerprint density at radius 2 is 1.50 bits per heavy atom. The first-order valence-corrected chi connectivity index (χ1v) is 15.1. The van der Waals surface area contributed by atoms with E-state index in [-0.39, 0.29) is 34.7 Å². The Bertz CT molecular complexity index is 1820. The Morgan fingerprint density at radius 1 is 0.841 bits per heavy atom.